The van der Waals surface area contributed by atoms with Crippen molar-refractivity contribution in [3.8, 4) is 0 Å². The van der Waals surface area contributed by atoms with E-state index in [9.17, 15) is 14.0 Å². The van der Waals surface area contributed by atoms with Gasteiger partial charge in [0, 0.05) is 15.7 Å². The number of nitrogens with one attached hydrogen (secondary N) is 1. The van der Waals surface area contributed by atoms with Gasteiger partial charge in [0.2, 0.25) is 0 Å². The number of hydrogen-bond acceptors (Lipinski definition) is 6. The van der Waals surface area contributed by atoms with Gasteiger partial charge in [0.25, 0.3) is 5.79 Å². The Bertz CT molecular complexity index is 964. The average molecular weight is 450 g/mol. The molecule has 1 unspecified atom stereocenters. The number of carbonyl (C=O) groups excluding carboxylic acids is 2. The van der Waals surface area contributed by atoms with E-state index in [1.54, 1.807) is 36.0 Å². The lowest BCUT2D eigenvalue weighted by atomic mass is 9.98. The van der Waals surface area contributed by atoms with Crippen LogP contribution in [0.25, 0.3) is 0 Å². The van der Waals surface area contributed by atoms with Gasteiger partial charge in [0.1, 0.15) is 5.82 Å². The van der Waals surface area contributed by atoms with Crippen molar-refractivity contribution >= 4 is 35.3 Å². The molecule has 4 rings (SSSR count). The fourth-order valence-electron chi connectivity index (χ4n) is 3.75. The van der Waals surface area contributed by atoms with Crippen LogP contribution >= 0.6 is 23.4 Å². The molecule has 2 aromatic carbocycles. The van der Waals surface area contributed by atoms with Crippen molar-refractivity contribution < 1.29 is 23.5 Å². The quantitative estimate of drug-likeness (QED) is 0.549. The second kappa shape index (κ2) is 8.57. The van der Waals surface area contributed by atoms with Crippen molar-refractivity contribution in [1.82, 2.24) is 5.32 Å². The van der Waals surface area contributed by atoms with E-state index < -0.39 is 17.7 Å². The molecule has 1 atom stereocenters. The third-order valence-electron chi connectivity index (χ3n) is 5.26. The smallest absolute Gasteiger partial charge is 0.309 e. The highest BCUT2D eigenvalue weighted by molar-refractivity contribution is 7.99. The van der Waals surface area contributed by atoms with Crippen LogP contribution in [0.3, 0.4) is 0 Å². The molecule has 2 aliphatic rings. The number of carbonyl (C=O) groups is 2. The molecular weight excluding hydrogens is 429 g/mol. The summed E-state index contributed by atoms with van der Waals surface area (Å²) in [5, 5.41) is 3.78. The number of rotatable bonds is 3. The van der Waals surface area contributed by atoms with Gasteiger partial charge in [-0.1, -0.05) is 23.7 Å². The van der Waals surface area contributed by atoms with Gasteiger partial charge in [-0.3, -0.25) is 9.59 Å². The van der Waals surface area contributed by atoms with Crippen LogP contribution in [-0.4, -0.2) is 25.0 Å². The normalized spacial score (nSPS) is 19.3. The molecule has 1 spiro atoms. The Morgan fingerprint density at radius 1 is 1.07 bits per heavy atom. The minimum absolute atomic E-state index is 0.000923. The van der Waals surface area contributed by atoms with Gasteiger partial charge in [0.15, 0.2) is 0 Å². The van der Waals surface area contributed by atoms with Crippen molar-refractivity contribution in [2.75, 3.05) is 13.1 Å². The number of halogens is 2. The molecule has 8 heteroatoms. The van der Waals surface area contributed by atoms with E-state index in [-0.39, 0.29) is 30.5 Å². The molecule has 0 bridgehead atoms. The first kappa shape index (κ1) is 21.2. The summed E-state index contributed by atoms with van der Waals surface area (Å²) in [5.74, 6) is -2.73. The number of fused-ring (bicyclic) bond motifs is 2. The maximum Gasteiger partial charge on any atom is 0.309 e. The molecule has 1 fully saturated rings. The van der Waals surface area contributed by atoms with Crippen LogP contribution in [0.2, 0.25) is 5.02 Å². The molecule has 0 aromatic heterocycles. The standard InChI is InChI=1S/C22H21ClFNO4S/c1-13(14-2-4-15(24)5-3-14)30-21-16-10-11-25-12-22(17(16)6-7-18(21)23)28-19(26)8-9-20(27)29-22/h2-7,13,25H,8-12H2,1H3. The van der Waals surface area contributed by atoms with Crippen LogP contribution in [0.4, 0.5) is 4.39 Å². The molecule has 158 valence electrons. The van der Waals surface area contributed by atoms with Crippen LogP contribution in [0.15, 0.2) is 41.3 Å². The largest absolute Gasteiger partial charge is 0.416 e. The van der Waals surface area contributed by atoms with Crippen LogP contribution in [0, 0.1) is 5.82 Å². The summed E-state index contributed by atoms with van der Waals surface area (Å²) in [6.45, 7) is 2.81. The Morgan fingerprint density at radius 3 is 2.40 bits per heavy atom. The number of hydrogen-bond donors (Lipinski definition) is 1. The summed E-state index contributed by atoms with van der Waals surface area (Å²) in [5.41, 5.74) is 2.48. The van der Waals surface area contributed by atoms with Crippen molar-refractivity contribution in [3.05, 3.63) is 63.9 Å². The summed E-state index contributed by atoms with van der Waals surface area (Å²) >= 11 is 8.12. The van der Waals surface area contributed by atoms with Crippen LogP contribution < -0.4 is 5.32 Å². The molecule has 1 N–H and O–H groups in total. The van der Waals surface area contributed by atoms with Gasteiger partial charge in [-0.15, -0.1) is 11.8 Å². The highest BCUT2D eigenvalue weighted by atomic mass is 35.5. The van der Waals surface area contributed by atoms with Gasteiger partial charge in [-0.2, -0.15) is 0 Å². The Morgan fingerprint density at radius 2 is 1.73 bits per heavy atom. The molecule has 0 aliphatic carbocycles. The van der Waals surface area contributed by atoms with Gasteiger partial charge >= 0.3 is 11.9 Å². The zero-order chi connectivity index (χ0) is 21.3. The van der Waals surface area contributed by atoms with Crippen LogP contribution in [0.5, 0.6) is 0 Å². The molecule has 1 saturated heterocycles. The second-order valence-electron chi connectivity index (χ2n) is 7.34. The first-order chi connectivity index (χ1) is 14.4. The van der Waals surface area contributed by atoms with Gasteiger partial charge in [-0.25, -0.2) is 4.39 Å². The molecule has 0 radical (unpaired) electrons. The lowest BCUT2D eigenvalue weighted by Crippen LogP contribution is -2.43. The fraction of sp³-hybridized carbons (Fsp3) is 0.364. The van der Waals surface area contributed by atoms with Gasteiger partial charge in [-0.05, 0) is 55.3 Å². The zero-order valence-electron chi connectivity index (χ0n) is 16.4. The van der Waals surface area contributed by atoms with Crippen molar-refractivity contribution in [1.29, 1.82) is 0 Å². The summed E-state index contributed by atoms with van der Waals surface area (Å²) in [6.07, 6.45) is 0.616. The molecule has 2 heterocycles. The number of esters is 2. The number of thioether (sulfide) groups is 1. The van der Waals surface area contributed by atoms with Crippen LogP contribution in [-0.2, 0) is 31.3 Å². The first-order valence-electron chi connectivity index (χ1n) is 9.76. The summed E-state index contributed by atoms with van der Waals surface area (Å²) in [7, 11) is 0. The molecule has 0 amide bonds. The van der Waals surface area contributed by atoms with E-state index in [1.807, 2.05) is 6.92 Å². The lowest BCUT2D eigenvalue weighted by molar-refractivity contribution is -0.225. The van der Waals surface area contributed by atoms with E-state index in [0.717, 1.165) is 16.0 Å². The molecule has 30 heavy (non-hydrogen) atoms. The fourth-order valence-corrected chi connectivity index (χ4v) is 5.24. The lowest BCUT2D eigenvalue weighted by Gasteiger charge is -2.32. The number of benzene rings is 2. The van der Waals surface area contributed by atoms with Crippen molar-refractivity contribution in [2.45, 2.75) is 42.1 Å². The van der Waals surface area contributed by atoms with E-state index in [0.29, 0.717) is 23.6 Å². The highest BCUT2D eigenvalue weighted by Gasteiger charge is 2.46. The van der Waals surface area contributed by atoms with Crippen molar-refractivity contribution in [3.63, 3.8) is 0 Å². The van der Waals surface area contributed by atoms with E-state index >= 15 is 0 Å². The van der Waals surface area contributed by atoms with E-state index in [1.165, 1.54) is 12.1 Å². The number of ether oxygens (including phenoxy) is 2. The molecule has 0 saturated carbocycles. The molecule has 5 nitrogen and oxygen atoms in total. The van der Waals surface area contributed by atoms with Gasteiger partial charge < -0.3 is 14.8 Å². The van der Waals surface area contributed by atoms with Crippen LogP contribution in [0.1, 0.15) is 41.7 Å². The SMILES string of the molecule is CC(Sc1c(Cl)ccc2c1CCNCC21OC(=O)CCC(=O)O1)c1ccc(F)cc1. The topological polar surface area (TPSA) is 64.6 Å². The molecule has 2 aromatic rings. The summed E-state index contributed by atoms with van der Waals surface area (Å²) in [4.78, 5) is 25.3. The monoisotopic (exact) mass is 449 g/mol. The second-order valence-corrected chi connectivity index (χ2v) is 9.10. The van der Waals surface area contributed by atoms with Crippen molar-refractivity contribution in [2.24, 2.45) is 0 Å². The Balaban J connectivity index is 1.76. The minimum Gasteiger partial charge on any atom is -0.416 e. The molecule has 2 aliphatic heterocycles. The van der Waals surface area contributed by atoms with Gasteiger partial charge in [0.05, 0.1) is 24.4 Å². The van der Waals surface area contributed by atoms with E-state index in [4.69, 9.17) is 21.1 Å². The Hall–Kier alpha value is -2.09. The minimum atomic E-state index is -1.50. The first-order valence-corrected chi connectivity index (χ1v) is 11.0. The Labute approximate surface area is 183 Å². The summed E-state index contributed by atoms with van der Waals surface area (Å²) in [6, 6.07) is 9.87. The maximum atomic E-state index is 13.3. The molecular formula is C22H21ClFNO4S. The predicted octanol–water partition coefficient (Wildman–Crippen LogP) is 4.51. The third kappa shape index (κ3) is 4.19. The summed E-state index contributed by atoms with van der Waals surface area (Å²) < 4.78 is 24.6. The zero-order valence-corrected chi connectivity index (χ0v) is 17.9. The van der Waals surface area contributed by atoms with E-state index in [2.05, 4.69) is 5.32 Å². The third-order valence-corrected chi connectivity index (χ3v) is 7.01. The predicted molar refractivity (Wildman–Crippen MR) is 112 cm³/mol. The average Bonchev–Trinajstić information content (AvgIpc) is 2.97. The Kier molecular flexibility index (Phi) is 6.04. The maximum absolute atomic E-state index is 13.3. The highest BCUT2D eigenvalue weighted by Crippen LogP contribution is 2.45.